The Hall–Kier alpha value is -1.84. The highest BCUT2D eigenvalue weighted by atomic mass is 16.5. The van der Waals surface area contributed by atoms with Gasteiger partial charge in [0, 0.05) is 12.0 Å². The van der Waals surface area contributed by atoms with E-state index in [4.69, 9.17) is 4.74 Å². The van der Waals surface area contributed by atoms with Crippen LogP contribution >= 0.6 is 0 Å². The van der Waals surface area contributed by atoms with Gasteiger partial charge in [-0.25, -0.2) is 4.79 Å². The average Bonchev–Trinajstić information content (AvgIpc) is 2.27. The van der Waals surface area contributed by atoms with Crippen LogP contribution in [0.15, 0.2) is 18.2 Å². The van der Waals surface area contributed by atoms with Crippen LogP contribution in [0.2, 0.25) is 0 Å². The van der Waals surface area contributed by atoms with Crippen molar-refractivity contribution in [2.24, 2.45) is 0 Å². The van der Waals surface area contributed by atoms with Gasteiger partial charge in [-0.15, -0.1) is 0 Å². The van der Waals surface area contributed by atoms with Crippen molar-refractivity contribution in [3.8, 4) is 5.75 Å². The zero-order valence-electron chi connectivity index (χ0n) is 9.57. The molecule has 1 aromatic carbocycles. The molecule has 0 saturated carbocycles. The first-order valence-electron chi connectivity index (χ1n) is 4.83. The molecule has 0 spiro atoms. The van der Waals surface area contributed by atoms with Gasteiger partial charge in [0.25, 0.3) is 0 Å². The number of hydrogen-bond acceptors (Lipinski definition) is 4. The van der Waals surface area contributed by atoms with E-state index in [0.717, 1.165) is 0 Å². The Bertz CT molecular complexity index is 409. The molecule has 0 N–H and O–H groups in total. The van der Waals surface area contributed by atoms with E-state index < -0.39 is 5.97 Å². The molecule has 0 aliphatic heterocycles. The minimum absolute atomic E-state index is 0.0142. The summed E-state index contributed by atoms with van der Waals surface area (Å²) in [4.78, 5) is 22.4. The number of methoxy groups -OCH3 is 2. The molecule has 86 valence electrons. The number of hydrogen-bond donors (Lipinski definition) is 0. The molecule has 1 rings (SSSR count). The van der Waals surface area contributed by atoms with Crippen molar-refractivity contribution in [1.82, 2.24) is 0 Å². The maximum atomic E-state index is 11.3. The molecule has 1 aromatic rings. The van der Waals surface area contributed by atoms with Gasteiger partial charge in [-0.1, -0.05) is 0 Å². The molecule has 0 aliphatic rings. The van der Waals surface area contributed by atoms with Crippen LogP contribution in [-0.2, 0) is 16.0 Å². The summed E-state index contributed by atoms with van der Waals surface area (Å²) in [5, 5.41) is 0. The van der Waals surface area contributed by atoms with Crippen LogP contribution in [0.3, 0.4) is 0 Å². The fourth-order valence-corrected chi connectivity index (χ4v) is 1.43. The molecule has 0 bridgehead atoms. The first-order chi connectivity index (χ1) is 7.58. The Morgan fingerprint density at radius 3 is 2.44 bits per heavy atom. The topological polar surface area (TPSA) is 52.6 Å². The third-order valence-corrected chi connectivity index (χ3v) is 2.14. The number of esters is 1. The summed E-state index contributed by atoms with van der Waals surface area (Å²) in [5.41, 5.74) is 1.11. The summed E-state index contributed by atoms with van der Waals surface area (Å²) in [5.74, 6) is 0.190. The predicted octanol–water partition coefficient (Wildman–Crippen LogP) is 1.61. The standard InChI is InChI=1S/C12H14O4/c1-8(13)6-10-7-9(12(14)16-3)4-5-11(10)15-2/h4-5,7H,6H2,1-3H3. The van der Waals surface area contributed by atoms with Crippen LogP contribution in [0, 0.1) is 0 Å². The molecular weight excluding hydrogens is 208 g/mol. The van der Waals surface area contributed by atoms with Crippen LogP contribution in [0.1, 0.15) is 22.8 Å². The van der Waals surface area contributed by atoms with E-state index in [1.54, 1.807) is 18.2 Å². The molecule has 0 radical (unpaired) electrons. The SMILES string of the molecule is COC(=O)c1ccc(OC)c(CC(C)=O)c1. The van der Waals surface area contributed by atoms with Gasteiger partial charge in [0.1, 0.15) is 11.5 Å². The molecule has 0 atom stereocenters. The Labute approximate surface area is 94.2 Å². The van der Waals surface area contributed by atoms with E-state index in [1.807, 2.05) is 0 Å². The molecule has 0 aliphatic carbocycles. The highest BCUT2D eigenvalue weighted by Crippen LogP contribution is 2.21. The van der Waals surface area contributed by atoms with Crippen LogP contribution in [0.5, 0.6) is 5.75 Å². The van der Waals surface area contributed by atoms with Gasteiger partial charge in [-0.05, 0) is 25.1 Å². The van der Waals surface area contributed by atoms with E-state index in [-0.39, 0.29) is 12.2 Å². The number of carbonyl (C=O) groups excluding carboxylic acids is 2. The Morgan fingerprint density at radius 1 is 1.25 bits per heavy atom. The molecule has 0 heterocycles. The van der Waals surface area contributed by atoms with Crippen molar-refractivity contribution < 1.29 is 19.1 Å². The number of ketones is 1. The second kappa shape index (κ2) is 5.30. The summed E-state index contributed by atoms with van der Waals surface area (Å²) in [6.07, 6.45) is 0.244. The largest absolute Gasteiger partial charge is 0.496 e. The predicted molar refractivity (Wildman–Crippen MR) is 58.7 cm³/mol. The third kappa shape index (κ3) is 2.82. The van der Waals surface area contributed by atoms with Crippen molar-refractivity contribution in [3.05, 3.63) is 29.3 Å². The van der Waals surface area contributed by atoms with E-state index in [0.29, 0.717) is 16.9 Å². The van der Waals surface area contributed by atoms with Crippen LogP contribution in [0.4, 0.5) is 0 Å². The maximum absolute atomic E-state index is 11.3. The van der Waals surface area contributed by atoms with Crippen molar-refractivity contribution in [2.75, 3.05) is 14.2 Å². The number of benzene rings is 1. The highest BCUT2D eigenvalue weighted by Gasteiger charge is 2.11. The third-order valence-electron chi connectivity index (χ3n) is 2.14. The van der Waals surface area contributed by atoms with E-state index in [2.05, 4.69) is 4.74 Å². The van der Waals surface area contributed by atoms with E-state index >= 15 is 0 Å². The van der Waals surface area contributed by atoms with Crippen molar-refractivity contribution in [2.45, 2.75) is 13.3 Å². The Balaban J connectivity index is 3.10. The lowest BCUT2D eigenvalue weighted by atomic mass is 10.0. The van der Waals surface area contributed by atoms with Gasteiger partial charge in [-0.2, -0.15) is 0 Å². The zero-order chi connectivity index (χ0) is 12.1. The number of ether oxygens (including phenoxy) is 2. The van der Waals surface area contributed by atoms with Gasteiger partial charge in [-0.3, -0.25) is 4.79 Å². The lowest BCUT2D eigenvalue weighted by Gasteiger charge is -2.08. The van der Waals surface area contributed by atoms with Crippen LogP contribution < -0.4 is 4.74 Å². The quantitative estimate of drug-likeness (QED) is 0.726. The minimum Gasteiger partial charge on any atom is -0.496 e. The summed E-state index contributed by atoms with van der Waals surface area (Å²) in [6.45, 7) is 1.49. The van der Waals surface area contributed by atoms with E-state index in [1.165, 1.54) is 21.1 Å². The highest BCUT2D eigenvalue weighted by molar-refractivity contribution is 5.90. The van der Waals surface area contributed by atoms with E-state index in [9.17, 15) is 9.59 Å². The van der Waals surface area contributed by atoms with Gasteiger partial charge >= 0.3 is 5.97 Å². The van der Waals surface area contributed by atoms with Crippen molar-refractivity contribution >= 4 is 11.8 Å². The number of rotatable bonds is 4. The lowest BCUT2D eigenvalue weighted by molar-refractivity contribution is -0.116. The van der Waals surface area contributed by atoms with Crippen LogP contribution in [0.25, 0.3) is 0 Å². The maximum Gasteiger partial charge on any atom is 0.337 e. The Morgan fingerprint density at radius 2 is 1.94 bits per heavy atom. The second-order valence-corrected chi connectivity index (χ2v) is 3.40. The van der Waals surface area contributed by atoms with Gasteiger partial charge in [0.2, 0.25) is 0 Å². The summed E-state index contributed by atoms with van der Waals surface area (Å²) >= 11 is 0. The molecule has 4 heteroatoms. The molecule has 16 heavy (non-hydrogen) atoms. The Kier molecular flexibility index (Phi) is 4.05. The summed E-state index contributed by atoms with van der Waals surface area (Å²) in [7, 11) is 2.84. The first kappa shape index (κ1) is 12.2. The smallest absolute Gasteiger partial charge is 0.337 e. The fraction of sp³-hybridized carbons (Fsp3) is 0.333. The normalized spacial score (nSPS) is 9.69. The fourth-order valence-electron chi connectivity index (χ4n) is 1.43. The lowest BCUT2D eigenvalue weighted by Crippen LogP contribution is -2.05. The number of Topliss-reactive ketones (excluding diaryl/α,β-unsaturated/α-hetero) is 1. The van der Waals surface area contributed by atoms with Gasteiger partial charge < -0.3 is 9.47 Å². The summed E-state index contributed by atoms with van der Waals surface area (Å²) < 4.78 is 9.72. The van der Waals surface area contributed by atoms with Crippen molar-refractivity contribution in [3.63, 3.8) is 0 Å². The monoisotopic (exact) mass is 222 g/mol. The first-order valence-corrected chi connectivity index (χ1v) is 4.83. The van der Waals surface area contributed by atoms with Gasteiger partial charge in [0.15, 0.2) is 0 Å². The molecule has 0 unspecified atom stereocenters. The molecule has 0 aromatic heterocycles. The zero-order valence-corrected chi connectivity index (χ0v) is 9.57. The average molecular weight is 222 g/mol. The molecule has 0 saturated heterocycles. The molecule has 0 fully saturated rings. The number of carbonyl (C=O) groups is 2. The molecular formula is C12H14O4. The van der Waals surface area contributed by atoms with Crippen molar-refractivity contribution in [1.29, 1.82) is 0 Å². The summed E-state index contributed by atoms with van der Waals surface area (Å²) in [6, 6.07) is 4.88. The van der Waals surface area contributed by atoms with Crippen LogP contribution in [-0.4, -0.2) is 26.0 Å². The van der Waals surface area contributed by atoms with Gasteiger partial charge in [0.05, 0.1) is 19.8 Å². The minimum atomic E-state index is -0.424. The second-order valence-electron chi connectivity index (χ2n) is 3.40. The molecule has 0 amide bonds. The molecule has 4 nitrogen and oxygen atoms in total.